The van der Waals surface area contributed by atoms with Crippen molar-refractivity contribution in [1.82, 2.24) is 5.32 Å². The van der Waals surface area contributed by atoms with E-state index in [1.165, 1.54) is 0 Å². The second kappa shape index (κ2) is 4.73. The molecular weight excluding hydrogens is 270 g/mol. The number of hydrogen-bond acceptors (Lipinski definition) is 3. The second-order valence-corrected chi connectivity index (χ2v) is 5.20. The van der Waals surface area contributed by atoms with Gasteiger partial charge in [-0.15, -0.1) is 0 Å². The minimum atomic E-state index is -0.624. The zero-order valence-corrected chi connectivity index (χ0v) is 10.9. The highest BCUT2D eigenvalue weighted by Crippen LogP contribution is 2.29. The van der Waals surface area contributed by atoms with Crippen molar-refractivity contribution in [2.75, 3.05) is 20.2 Å². The van der Waals surface area contributed by atoms with Gasteiger partial charge in [-0.25, -0.2) is 0 Å². The van der Waals surface area contributed by atoms with Crippen molar-refractivity contribution in [2.24, 2.45) is 0 Å². The van der Waals surface area contributed by atoms with Gasteiger partial charge < -0.3 is 15.2 Å². The van der Waals surface area contributed by atoms with Gasteiger partial charge in [0.1, 0.15) is 5.75 Å². The molecule has 88 valence electrons. The summed E-state index contributed by atoms with van der Waals surface area (Å²) in [6.45, 7) is 1.54. The van der Waals surface area contributed by atoms with Crippen LogP contribution in [0.1, 0.15) is 12.0 Å². The van der Waals surface area contributed by atoms with E-state index >= 15 is 0 Å². The van der Waals surface area contributed by atoms with Crippen molar-refractivity contribution >= 4 is 15.9 Å². The Hall–Kier alpha value is -0.580. The second-order valence-electron chi connectivity index (χ2n) is 4.28. The third kappa shape index (κ3) is 2.56. The first-order valence-corrected chi connectivity index (χ1v) is 6.18. The SMILES string of the molecule is COc1cc(Br)ccc1CC1(O)CCNC1. The van der Waals surface area contributed by atoms with Gasteiger partial charge in [0.15, 0.2) is 0 Å². The summed E-state index contributed by atoms with van der Waals surface area (Å²) in [6, 6.07) is 5.91. The van der Waals surface area contributed by atoms with Crippen LogP contribution in [0.25, 0.3) is 0 Å². The molecule has 1 heterocycles. The Balaban J connectivity index is 2.20. The zero-order chi connectivity index (χ0) is 11.6. The number of aliphatic hydroxyl groups is 1. The molecule has 0 aliphatic carbocycles. The lowest BCUT2D eigenvalue weighted by atomic mass is 9.93. The molecule has 0 aromatic heterocycles. The normalized spacial score (nSPS) is 24.7. The van der Waals surface area contributed by atoms with Crippen molar-refractivity contribution in [3.63, 3.8) is 0 Å². The van der Waals surface area contributed by atoms with E-state index in [1.807, 2.05) is 18.2 Å². The van der Waals surface area contributed by atoms with Gasteiger partial charge in [-0.05, 0) is 30.7 Å². The largest absolute Gasteiger partial charge is 0.496 e. The summed E-state index contributed by atoms with van der Waals surface area (Å²) in [6.07, 6.45) is 1.43. The third-order valence-electron chi connectivity index (χ3n) is 2.99. The molecule has 0 amide bonds. The van der Waals surface area contributed by atoms with E-state index in [4.69, 9.17) is 4.74 Å². The molecule has 1 atom stereocenters. The topological polar surface area (TPSA) is 41.5 Å². The molecule has 1 unspecified atom stereocenters. The predicted octanol–water partition coefficient (Wildman–Crippen LogP) is 1.72. The number of benzene rings is 1. The number of ether oxygens (including phenoxy) is 1. The van der Waals surface area contributed by atoms with Gasteiger partial charge in [-0.1, -0.05) is 22.0 Å². The number of nitrogens with one attached hydrogen (secondary N) is 1. The van der Waals surface area contributed by atoms with Crippen LogP contribution in [0, 0.1) is 0 Å². The average Bonchev–Trinajstić information content (AvgIpc) is 2.68. The highest BCUT2D eigenvalue weighted by molar-refractivity contribution is 9.10. The first-order chi connectivity index (χ1) is 7.63. The monoisotopic (exact) mass is 285 g/mol. The Morgan fingerprint density at radius 2 is 2.38 bits per heavy atom. The lowest BCUT2D eigenvalue weighted by Gasteiger charge is -2.22. The quantitative estimate of drug-likeness (QED) is 0.889. The fraction of sp³-hybridized carbons (Fsp3) is 0.500. The maximum Gasteiger partial charge on any atom is 0.123 e. The summed E-state index contributed by atoms with van der Waals surface area (Å²) < 4.78 is 6.31. The van der Waals surface area contributed by atoms with Crippen LogP contribution in [0.3, 0.4) is 0 Å². The van der Waals surface area contributed by atoms with E-state index in [2.05, 4.69) is 21.2 Å². The Kier molecular flexibility index (Phi) is 3.52. The van der Waals surface area contributed by atoms with E-state index in [9.17, 15) is 5.11 Å². The van der Waals surface area contributed by atoms with Gasteiger partial charge in [-0.2, -0.15) is 0 Å². The summed E-state index contributed by atoms with van der Waals surface area (Å²) in [7, 11) is 1.65. The molecule has 1 aliphatic rings. The lowest BCUT2D eigenvalue weighted by Crippen LogP contribution is -2.33. The van der Waals surface area contributed by atoms with Crippen LogP contribution in [0.15, 0.2) is 22.7 Å². The molecule has 2 N–H and O–H groups in total. The summed E-state index contributed by atoms with van der Waals surface area (Å²) in [5, 5.41) is 13.5. The highest BCUT2D eigenvalue weighted by Gasteiger charge is 2.31. The van der Waals surface area contributed by atoms with Crippen molar-refractivity contribution in [3.8, 4) is 5.75 Å². The van der Waals surface area contributed by atoms with Gasteiger partial charge in [0.25, 0.3) is 0 Å². The number of methoxy groups -OCH3 is 1. The lowest BCUT2D eigenvalue weighted by molar-refractivity contribution is 0.0612. The Bertz CT molecular complexity index is 375. The number of halogens is 1. The van der Waals surface area contributed by atoms with E-state index in [0.29, 0.717) is 13.0 Å². The van der Waals surface area contributed by atoms with Crippen LogP contribution in [0.5, 0.6) is 5.75 Å². The fourth-order valence-corrected chi connectivity index (χ4v) is 2.44. The molecule has 0 bridgehead atoms. The molecule has 1 saturated heterocycles. The highest BCUT2D eigenvalue weighted by atomic mass is 79.9. The summed E-state index contributed by atoms with van der Waals surface area (Å²) in [5.41, 5.74) is 0.429. The average molecular weight is 286 g/mol. The molecule has 1 aromatic rings. The van der Waals surface area contributed by atoms with Gasteiger partial charge in [0, 0.05) is 17.4 Å². The van der Waals surface area contributed by atoms with Crippen LogP contribution >= 0.6 is 15.9 Å². The van der Waals surface area contributed by atoms with Crippen LogP contribution in [-0.4, -0.2) is 30.9 Å². The summed E-state index contributed by atoms with van der Waals surface area (Å²) in [5.74, 6) is 0.828. The Labute approximate surface area is 104 Å². The van der Waals surface area contributed by atoms with Crippen LogP contribution in [-0.2, 0) is 6.42 Å². The molecule has 1 aliphatic heterocycles. The van der Waals surface area contributed by atoms with Gasteiger partial charge >= 0.3 is 0 Å². The van der Waals surface area contributed by atoms with Crippen LogP contribution in [0.2, 0.25) is 0 Å². The predicted molar refractivity (Wildman–Crippen MR) is 66.8 cm³/mol. The first kappa shape index (κ1) is 11.9. The minimum absolute atomic E-state index is 0.624. The van der Waals surface area contributed by atoms with Crippen molar-refractivity contribution in [2.45, 2.75) is 18.4 Å². The van der Waals surface area contributed by atoms with E-state index in [0.717, 1.165) is 28.8 Å². The molecule has 0 spiro atoms. The molecule has 4 heteroatoms. The third-order valence-corrected chi connectivity index (χ3v) is 3.48. The summed E-state index contributed by atoms with van der Waals surface area (Å²) in [4.78, 5) is 0. The molecule has 2 rings (SSSR count). The van der Waals surface area contributed by atoms with Gasteiger partial charge in [0.2, 0.25) is 0 Å². The molecule has 16 heavy (non-hydrogen) atoms. The summed E-state index contributed by atoms with van der Waals surface area (Å²) >= 11 is 3.41. The zero-order valence-electron chi connectivity index (χ0n) is 9.29. The minimum Gasteiger partial charge on any atom is -0.496 e. The maximum atomic E-state index is 10.3. The molecular formula is C12H16BrNO2. The van der Waals surface area contributed by atoms with Crippen LogP contribution in [0.4, 0.5) is 0 Å². The fourth-order valence-electron chi connectivity index (χ4n) is 2.10. The first-order valence-electron chi connectivity index (χ1n) is 5.38. The van der Waals surface area contributed by atoms with Gasteiger partial charge in [0.05, 0.1) is 12.7 Å². The van der Waals surface area contributed by atoms with E-state index in [1.54, 1.807) is 7.11 Å². The Morgan fingerprint density at radius 1 is 1.56 bits per heavy atom. The van der Waals surface area contributed by atoms with Crippen molar-refractivity contribution in [1.29, 1.82) is 0 Å². The molecule has 1 aromatic carbocycles. The smallest absolute Gasteiger partial charge is 0.123 e. The number of β-amino-alcohol motifs (C(OH)–C–C–N with tert-alkyl or cyclic N) is 1. The maximum absolute atomic E-state index is 10.3. The number of rotatable bonds is 3. The molecule has 0 saturated carbocycles. The van der Waals surface area contributed by atoms with Crippen molar-refractivity contribution < 1.29 is 9.84 Å². The van der Waals surface area contributed by atoms with Gasteiger partial charge in [-0.3, -0.25) is 0 Å². The molecule has 0 radical (unpaired) electrons. The van der Waals surface area contributed by atoms with E-state index in [-0.39, 0.29) is 0 Å². The van der Waals surface area contributed by atoms with Crippen LogP contribution < -0.4 is 10.1 Å². The standard InChI is InChI=1S/C12H16BrNO2/c1-16-11-6-10(13)3-2-9(11)7-12(15)4-5-14-8-12/h2-3,6,14-15H,4-5,7-8H2,1H3. The van der Waals surface area contributed by atoms with Crippen molar-refractivity contribution in [3.05, 3.63) is 28.2 Å². The molecule has 1 fully saturated rings. The number of hydrogen-bond donors (Lipinski definition) is 2. The molecule has 3 nitrogen and oxygen atoms in total. The van der Waals surface area contributed by atoms with E-state index < -0.39 is 5.60 Å². The Morgan fingerprint density at radius 3 is 3.00 bits per heavy atom.